The lowest BCUT2D eigenvalue weighted by Crippen LogP contribution is -2.58. The fraction of sp³-hybridized carbons (Fsp3) is 0.867. The zero-order valence-electron chi connectivity index (χ0n) is 11.8. The van der Waals surface area contributed by atoms with Crippen molar-refractivity contribution in [2.45, 2.75) is 38.8 Å². The van der Waals surface area contributed by atoms with Crippen molar-refractivity contribution >= 4 is 11.8 Å². The smallest absolute Gasteiger partial charge is 0.0545 e. The van der Waals surface area contributed by atoms with Crippen LogP contribution < -0.4 is 0 Å². The normalized spacial score (nSPS) is 29.4. The SMILES string of the molecule is C#CCSCCN1CC2CCCN2CC1C(C)C. The van der Waals surface area contributed by atoms with Crippen molar-refractivity contribution in [1.29, 1.82) is 0 Å². The number of hydrogen-bond donors (Lipinski definition) is 0. The van der Waals surface area contributed by atoms with E-state index in [1.807, 2.05) is 11.8 Å². The molecule has 0 aromatic rings. The Bertz CT molecular complexity index is 297. The van der Waals surface area contributed by atoms with Crippen LogP contribution in [0.5, 0.6) is 0 Å². The molecule has 2 unspecified atom stereocenters. The van der Waals surface area contributed by atoms with Gasteiger partial charge in [0.25, 0.3) is 0 Å². The standard InChI is InChI=1S/C15H26N2S/c1-4-9-18-10-8-17-11-14-6-5-7-16(14)12-15(17)13(2)3/h1,13-15H,5-12H2,2-3H3. The van der Waals surface area contributed by atoms with Crippen LogP contribution in [0.15, 0.2) is 0 Å². The van der Waals surface area contributed by atoms with E-state index in [4.69, 9.17) is 6.42 Å². The molecule has 0 bridgehead atoms. The first-order valence-corrected chi connectivity index (χ1v) is 8.37. The zero-order chi connectivity index (χ0) is 13.0. The minimum absolute atomic E-state index is 0.741. The van der Waals surface area contributed by atoms with Crippen LogP contribution in [0.3, 0.4) is 0 Å². The average Bonchev–Trinajstić information content (AvgIpc) is 2.80. The van der Waals surface area contributed by atoms with Crippen LogP contribution in [-0.4, -0.2) is 59.6 Å². The van der Waals surface area contributed by atoms with Gasteiger partial charge in [-0.2, -0.15) is 0 Å². The third-order valence-electron chi connectivity index (χ3n) is 4.31. The molecule has 2 saturated heterocycles. The van der Waals surface area contributed by atoms with Crippen LogP contribution in [0.25, 0.3) is 0 Å². The number of rotatable bonds is 5. The van der Waals surface area contributed by atoms with E-state index in [1.54, 1.807) is 0 Å². The summed E-state index contributed by atoms with van der Waals surface area (Å²) in [6, 6.07) is 1.57. The molecule has 2 fully saturated rings. The van der Waals surface area contributed by atoms with Gasteiger partial charge in [0.05, 0.1) is 5.75 Å². The van der Waals surface area contributed by atoms with Gasteiger partial charge in [0.15, 0.2) is 0 Å². The molecular weight excluding hydrogens is 240 g/mol. The minimum atomic E-state index is 0.741. The monoisotopic (exact) mass is 266 g/mol. The highest BCUT2D eigenvalue weighted by molar-refractivity contribution is 7.99. The Morgan fingerprint density at radius 1 is 1.39 bits per heavy atom. The highest BCUT2D eigenvalue weighted by atomic mass is 32.2. The van der Waals surface area contributed by atoms with Gasteiger partial charge >= 0.3 is 0 Å². The molecule has 2 aliphatic rings. The molecule has 0 aromatic carbocycles. The lowest BCUT2D eigenvalue weighted by Gasteiger charge is -2.45. The van der Waals surface area contributed by atoms with Crippen LogP contribution in [0.2, 0.25) is 0 Å². The van der Waals surface area contributed by atoms with Gasteiger partial charge in [-0.05, 0) is 25.3 Å². The Hall–Kier alpha value is -0.170. The second-order valence-corrected chi connectivity index (χ2v) is 6.96. The van der Waals surface area contributed by atoms with E-state index in [2.05, 4.69) is 29.6 Å². The molecule has 18 heavy (non-hydrogen) atoms. The van der Waals surface area contributed by atoms with Gasteiger partial charge in [-0.3, -0.25) is 9.80 Å². The molecule has 0 amide bonds. The van der Waals surface area contributed by atoms with E-state index in [-0.39, 0.29) is 0 Å². The van der Waals surface area contributed by atoms with E-state index in [9.17, 15) is 0 Å². The number of hydrogen-bond acceptors (Lipinski definition) is 3. The summed E-state index contributed by atoms with van der Waals surface area (Å²) in [6.07, 6.45) is 8.10. The first-order chi connectivity index (χ1) is 8.72. The summed E-state index contributed by atoms with van der Waals surface area (Å²) >= 11 is 1.89. The maximum atomic E-state index is 5.30. The van der Waals surface area contributed by atoms with Gasteiger partial charge in [0.1, 0.15) is 0 Å². The fourth-order valence-electron chi connectivity index (χ4n) is 3.31. The Labute approximate surface area is 116 Å². The van der Waals surface area contributed by atoms with Crippen molar-refractivity contribution in [1.82, 2.24) is 9.80 Å². The predicted molar refractivity (Wildman–Crippen MR) is 81.0 cm³/mol. The van der Waals surface area contributed by atoms with Gasteiger partial charge in [0.2, 0.25) is 0 Å². The molecule has 0 aromatic heterocycles. The number of piperazine rings is 1. The van der Waals surface area contributed by atoms with E-state index >= 15 is 0 Å². The predicted octanol–water partition coefficient (Wildman–Crippen LogP) is 2.16. The first kappa shape index (κ1) is 14.2. The number of fused-ring (bicyclic) bond motifs is 1. The molecule has 2 nitrogen and oxygen atoms in total. The summed E-state index contributed by atoms with van der Waals surface area (Å²) in [5.74, 6) is 5.50. The van der Waals surface area contributed by atoms with Crippen molar-refractivity contribution in [3.8, 4) is 12.3 Å². The highest BCUT2D eigenvalue weighted by Crippen LogP contribution is 2.27. The quantitative estimate of drug-likeness (QED) is 0.556. The van der Waals surface area contributed by atoms with Gasteiger partial charge < -0.3 is 0 Å². The van der Waals surface area contributed by atoms with E-state index in [0.717, 1.165) is 23.8 Å². The van der Waals surface area contributed by atoms with E-state index in [0.29, 0.717) is 0 Å². The highest BCUT2D eigenvalue weighted by Gasteiger charge is 2.36. The number of thioether (sulfide) groups is 1. The van der Waals surface area contributed by atoms with Crippen molar-refractivity contribution < 1.29 is 0 Å². The third-order valence-corrected chi connectivity index (χ3v) is 5.15. The topological polar surface area (TPSA) is 6.48 Å². The molecule has 2 aliphatic heterocycles. The molecular formula is C15H26N2S. The van der Waals surface area contributed by atoms with Crippen molar-refractivity contribution in [3.05, 3.63) is 0 Å². The fourth-order valence-corrected chi connectivity index (χ4v) is 3.93. The number of nitrogens with zero attached hydrogens (tertiary/aromatic N) is 2. The summed E-state index contributed by atoms with van der Waals surface area (Å²) in [6.45, 7) is 9.82. The van der Waals surface area contributed by atoms with Crippen LogP contribution in [-0.2, 0) is 0 Å². The molecule has 2 heterocycles. The molecule has 0 aliphatic carbocycles. The van der Waals surface area contributed by atoms with Gasteiger partial charge in [-0.1, -0.05) is 19.8 Å². The Morgan fingerprint density at radius 3 is 2.94 bits per heavy atom. The summed E-state index contributed by atoms with van der Waals surface area (Å²) < 4.78 is 0. The molecule has 0 saturated carbocycles. The van der Waals surface area contributed by atoms with Gasteiger partial charge in [-0.25, -0.2) is 0 Å². The van der Waals surface area contributed by atoms with E-state index < -0.39 is 0 Å². The molecule has 0 spiro atoms. The maximum absolute atomic E-state index is 5.30. The molecule has 2 atom stereocenters. The zero-order valence-corrected chi connectivity index (χ0v) is 12.6. The van der Waals surface area contributed by atoms with Crippen molar-refractivity contribution in [2.75, 3.05) is 37.7 Å². The minimum Gasteiger partial charge on any atom is -0.298 e. The van der Waals surface area contributed by atoms with Gasteiger partial charge in [-0.15, -0.1) is 18.2 Å². The van der Waals surface area contributed by atoms with Crippen molar-refractivity contribution in [3.63, 3.8) is 0 Å². The first-order valence-electron chi connectivity index (χ1n) is 7.21. The molecule has 102 valence electrons. The second-order valence-electron chi connectivity index (χ2n) is 5.85. The van der Waals surface area contributed by atoms with Crippen LogP contribution in [0.4, 0.5) is 0 Å². The van der Waals surface area contributed by atoms with Crippen molar-refractivity contribution in [2.24, 2.45) is 5.92 Å². The summed E-state index contributed by atoms with van der Waals surface area (Å²) in [7, 11) is 0. The molecule has 3 heteroatoms. The lowest BCUT2D eigenvalue weighted by atomic mass is 9.97. The summed E-state index contributed by atoms with van der Waals surface area (Å²) in [5.41, 5.74) is 0. The lowest BCUT2D eigenvalue weighted by molar-refractivity contribution is 0.0340. The average molecular weight is 266 g/mol. The molecule has 2 rings (SSSR count). The Morgan fingerprint density at radius 2 is 2.22 bits per heavy atom. The molecule has 0 radical (unpaired) electrons. The summed E-state index contributed by atoms with van der Waals surface area (Å²) in [4.78, 5) is 5.44. The Kier molecular flexibility index (Phi) is 5.41. The largest absolute Gasteiger partial charge is 0.298 e. The molecule has 0 N–H and O–H groups in total. The second kappa shape index (κ2) is 6.84. The summed E-state index contributed by atoms with van der Waals surface area (Å²) in [5, 5.41) is 0. The Balaban J connectivity index is 1.86. The third kappa shape index (κ3) is 3.44. The van der Waals surface area contributed by atoms with Gasteiger partial charge in [0, 0.05) is 37.5 Å². The van der Waals surface area contributed by atoms with Crippen LogP contribution >= 0.6 is 11.8 Å². The maximum Gasteiger partial charge on any atom is 0.0545 e. The number of terminal acetylenes is 1. The van der Waals surface area contributed by atoms with E-state index in [1.165, 1.54) is 44.8 Å². The van der Waals surface area contributed by atoms with Crippen LogP contribution in [0, 0.1) is 18.3 Å². The van der Waals surface area contributed by atoms with Crippen LogP contribution in [0.1, 0.15) is 26.7 Å².